The first kappa shape index (κ1) is 35.1. The molecule has 4 aromatic carbocycles. The molecular weight excluding hydrogens is 686 g/mol. The molecule has 2 amide bonds. The number of carbonyl (C=O) groups is 2. The van der Waals surface area contributed by atoms with E-state index in [2.05, 4.69) is 5.32 Å². The number of likely N-dealkylation sites (N-methyl/N-ethyl adjacent to an activating group) is 1. The number of nitrogens with one attached hydrogen (secondary N) is 1. The van der Waals surface area contributed by atoms with Gasteiger partial charge in [-0.15, -0.1) is 0 Å². The monoisotopic (exact) mass is 711 g/mol. The van der Waals surface area contributed by atoms with E-state index in [1.165, 1.54) is 48.3 Å². The molecule has 1 unspecified atom stereocenters. The highest BCUT2D eigenvalue weighted by molar-refractivity contribution is 7.92. The Bertz CT molecular complexity index is 1810. The molecule has 242 valence electrons. The number of sulfonamides is 1. The molecule has 7 nitrogen and oxygen atoms in total. The summed E-state index contributed by atoms with van der Waals surface area (Å²) in [7, 11) is -3.23. The Labute approximate surface area is 279 Å². The predicted molar refractivity (Wildman–Crippen MR) is 172 cm³/mol. The molecule has 0 aliphatic rings. The van der Waals surface area contributed by atoms with Crippen molar-refractivity contribution in [1.29, 1.82) is 0 Å². The maximum Gasteiger partial charge on any atom is 0.417 e. The van der Waals surface area contributed by atoms with E-state index in [1.54, 1.807) is 42.5 Å². The normalized spacial score (nSPS) is 12.3. The van der Waals surface area contributed by atoms with Crippen LogP contribution in [0.5, 0.6) is 0 Å². The molecule has 0 aliphatic carbocycles. The zero-order valence-electron chi connectivity index (χ0n) is 24.1. The van der Waals surface area contributed by atoms with Crippen LogP contribution in [0.25, 0.3) is 0 Å². The minimum absolute atomic E-state index is 0.0399. The molecule has 46 heavy (non-hydrogen) atoms. The number of nitrogens with zero attached hydrogens (tertiary/aromatic N) is 2. The van der Waals surface area contributed by atoms with Crippen LogP contribution in [0.2, 0.25) is 15.1 Å². The first-order valence-electron chi connectivity index (χ1n) is 13.7. The van der Waals surface area contributed by atoms with E-state index >= 15 is 0 Å². The first-order valence-corrected chi connectivity index (χ1v) is 16.2. The van der Waals surface area contributed by atoms with Gasteiger partial charge in [0.25, 0.3) is 10.0 Å². The number of hydrogen-bond donors (Lipinski definition) is 1. The van der Waals surface area contributed by atoms with Crippen LogP contribution in [0.1, 0.15) is 16.7 Å². The van der Waals surface area contributed by atoms with Gasteiger partial charge in [0, 0.05) is 20.0 Å². The topological polar surface area (TPSA) is 86.8 Å². The Morgan fingerprint density at radius 2 is 1.41 bits per heavy atom. The molecule has 0 bridgehead atoms. The summed E-state index contributed by atoms with van der Waals surface area (Å²) in [6.45, 7) is -1.17. The summed E-state index contributed by atoms with van der Waals surface area (Å²) in [6.07, 6.45) is -4.88. The zero-order chi connectivity index (χ0) is 33.6. The SMILES string of the molecule is CNC(=O)C(Cc1ccccc1)N(Cc1ccc(Cl)c(Cl)c1)C(=O)CN(c1ccc(Cl)c(C(F)(F)F)c1)S(=O)(=O)c1ccccc1. The Kier molecular flexibility index (Phi) is 11.3. The summed E-state index contributed by atoms with van der Waals surface area (Å²) in [6, 6.07) is 21.8. The summed E-state index contributed by atoms with van der Waals surface area (Å²) >= 11 is 18.1. The lowest BCUT2D eigenvalue weighted by Gasteiger charge is -2.33. The van der Waals surface area contributed by atoms with Gasteiger partial charge >= 0.3 is 6.18 Å². The maximum absolute atomic E-state index is 14.3. The van der Waals surface area contributed by atoms with Gasteiger partial charge in [-0.1, -0.05) is 89.4 Å². The van der Waals surface area contributed by atoms with Gasteiger partial charge in [-0.25, -0.2) is 8.42 Å². The van der Waals surface area contributed by atoms with E-state index in [9.17, 15) is 31.2 Å². The fourth-order valence-electron chi connectivity index (χ4n) is 4.69. The van der Waals surface area contributed by atoms with E-state index < -0.39 is 56.9 Å². The van der Waals surface area contributed by atoms with Crippen molar-refractivity contribution in [3.63, 3.8) is 0 Å². The second-order valence-corrected chi connectivity index (χ2v) is 13.2. The van der Waals surface area contributed by atoms with Gasteiger partial charge in [0.2, 0.25) is 11.8 Å². The van der Waals surface area contributed by atoms with Crippen LogP contribution < -0.4 is 9.62 Å². The van der Waals surface area contributed by atoms with Crippen molar-refractivity contribution in [3.05, 3.63) is 129 Å². The van der Waals surface area contributed by atoms with Crippen LogP contribution in [0, 0.1) is 0 Å². The van der Waals surface area contributed by atoms with Gasteiger partial charge in [0.1, 0.15) is 12.6 Å². The van der Waals surface area contributed by atoms with Crippen molar-refractivity contribution in [2.45, 2.75) is 30.1 Å². The highest BCUT2D eigenvalue weighted by atomic mass is 35.5. The quantitative estimate of drug-likeness (QED) is 0.178. The Balaban J connectivity index is 1.85. The van der Waals surface area contributed by atoms with Gasteiger partial charge in [0.05, 0.1) is 31.2 Å². The summed E-state index contributed by atoms with van der Waals surface area (Å²) < 4.78 is 70.0. The molecule has 0 heterocycles. The van der Waals surface area contributed by atoms with Crippen LogP contribution in [-0.2, 0) is 38.8 Å². The highest BCUT2D eigenvalue weighted by Crippen LogP contribution is 2.38. The molecule has 0 radical (unpaired) electrons. The minimum Gasteiger partial charge on any atom is -0.357 e. The van der Waals surface area contributed by atoms with Gasteiger partial charge in [-0.05, 0) is 53.6 Å². The molecule has 4 rings (SSSR count). The average Bonchev–Trinajstić information content (AvgIpc) is 3.03. The van der Waals surface area contributed by atoms with Gasteiger partial charge in [0.15, 0.2) is 0 Å². The van der Waals surface area contributed by atoms with Crippen molar-refractivity contribution < 1.29 is 31.2 Å². The molecule has 1 atom stereocenters. The zero-order valence-corrected chi connectivity index (χ0v) is 27.2. The molecule has 1 N–H and O–H groups in total. The minimum atomic E-state index is -4.92. The Morgan fingerprint density at radius 3 is 2.00 bits per heavy atom. The second-order valence-electron chi connectivity index (χ2n) is 10.1. The lowest BCUT2D eigenvalue weighted by Crippen LogP contribution is -2.53. The lowest BCUT2D eigenvalue weighted by molar-refractivity contribution is -0.139. The van der Waals surface area contributed by atoms with E-state index in [-0.39, 0.29) is 27.9 Å². The molecular formula is C32H27Cl3F3N3O4S. The smallest absolute Gasteiger partial charge is 0.357 e. The number of halogens is 6. The van der Waals surface area contributed by atoms with Crippen molar-refractivity contribution in [3.8, 4) is 0 Å². The lowest BCUT2D eigenvalue weighted by atomic mass is 10.0. The summed E-state index contributed by atoms with van der Waals surface area (Å²) in [4.78, 5) is 28.5. The van der Waals surface area contributed by atoms with Crippen LogP contribution in [0.4, 0.5) is 18.9 Å². The summed E-state index contributed by atoms with van der Waals surface area (Å²) in [5, 5.41) is 2.33. The Morgan fingerprint density at radius 1 is 0.804 bits per heavy atom. The molecule has 0 spiro atoms. The first-order chi connectivity index (χ1) is 21.7. The largest absolute Gasteiger partial charge is 0.417 e. The van der Waals surface area contributed by atoms with Gasteiger partial charge in [-0.3, -0.25) is 13.9 Å². The van der Waals surface area contributed by atoms with Crippen LogP contribution >= 0.6 is 34.8 Å². The maximum atomic E-state index is 14.3. The third-order valence-corrected chi connectivity index (χ3v) is 9.86. The van der Waals surface area contributed by atoms with E-state index in [0.717, 1.165) is 12.1 Å². The van der Waals surface area contributed by atoms with Crippen LogP contribution in [-0.4, -0.2) is 44.8 Å². The number of alkyl halides is 3. The standard InChI is InChI=1S/C32H27Cl3F3N3O4S/c1-39-31(43)29(17-21-8-4-2-5-9-21)40(19-22-12-14-27(34)28(35)16-22)30(42)20-41(46(44,45)24-10-6-3-7-11-24)23-13-15-26(33)25(18-23)32(36,37)38/h2-16,18,29H,17,19-20H2,1H3,(H,39,43). The second kappa shape index (κ2) is 14.8. The number of benzene rings is 4. The third-order valence-electron chi connectivity index (χ3n) is 7.01. The molecule has 0 fully saturated rings. The fourth-order valence-corrected chi connectivity index (χ4v) is 6.66. The highest BCUT2D eigenvalue weighted by Gasteiger charge is 2.37. The van der Waals surface area contributed by atoms with Crippen LogP contribution in [0.15, 0.2) is 102 Å². The number of rotatable bonds is 11. The summed E-state index contributed by atoms with van der Waals surface area (Å²) in [5.41, 5.74) is -0.576. The number of hydrogen-bond acceptors (Lipinski definition) is 4. The Hall–Kier alpha value is -3.77. The molecule has 14 heteroatoms. The molecule has 4 aromatic rings. The molecule has 0 aromatic heterocycles. The number of carbonyl (C=O) groups excluding carboxylic acids is 2. The van der Waals surface area contributed by atoms with Gasteiger partial charge < -0.3 is 10.2 Å². The van der Waals surface area contributed by atoms with Crippen LogP contribution in [0.3, 0.4) is 0 Å². The summed E-state index contributed by atoms with van der Waals surface area (Å²) in [5.74, 6) is -1.43. The van der Waals surface area contributed by atoms with E-state index in [1.807, 2.05) is 0 Å². The predicted octanol–water partition coefficient (Wildman–Crippen LogP) is 7.25. The van der Waals surface area contributed by atoms with Crippen molar-refractivity contribution in [2.24, 2.45) is 0 Å². The third kappa shape index (κ3) is 8.33. The van der Waals surface area contributed by atoms with Crippen molar-refractivity contribution in [1.82, 2.24) is 10.2 Å². The molecule has 0 saturated carbocycles. The van der Waals surface area contributed by atoms with Crippen molar-refractivity contribution in [2.75, 3.05) is 17.9 Å². The molecule has 0 aliphatic heterocycles. The van der Waals surface area contributed by atoms with Gasteiger partial charge in [-0.2, -0.15) is 13.2 Å². The molecule has 0 saturated heterocycles. The fraction of sp³-hybridized carbons (Fsp3) is 0.188. The van der Waals surface area contributed by atoms with Crippen molar-refractivity contribution >= 4 is 62.3 Å². The number of amides is 2. The number of anilines is 1. The average molecular weight is 713 g/mol. The van der Waals surface area contributed by atoms with E-state index in [0.29, 0.717) is 21.5 Å². The van der Waals surface area contributed by atoms with E-state index in [4.69, 9.17) is 34.8 Å².